The van der Waals surface area contributed by atoms with Crippen molar-refractivity contribution in [2.45, 2.75) is 45.6 Å². The molecular weight excluding hydrogens is 168 g/mol. The lowest BCUT2D eigenvalue weighted by Gasteiger charge is -2.30. The Morgan fingerprint density at radius 1 is 1.15 bits per heavy atom. The summed E-state index contributed by atoms with van der Waals surface area (Å²) in [5.41, 5.74) is 5.82. The minimum absolute atomic E-state index is 0.0794. The van der Waals surface area contributed by atoms with E-state index >= 15 is 0 Å². The molecule has 0 aromatic heterocycles. The fourth-order valence-electron chi connectivity index (χ4n) is 1.28. The number of nitrogens with two attached hydrogens (primary N) is 1. The summed E-state index contributed by atoms with van der Waals surface area (Å²) in [5, 5.41) is 18.4. The summed E-state index contributed by atoms with van der Waals surface area (Å²) in [6.45, 7) is 6.45. The Hall–Kier alpha value is -0.160. The Balaban J connectivity index is 4.02. The molecule has 0 aliphatic heterocycles. The van der Waals surface area contributed by atoms with Crippen LogP contribution in [0.2, 0.25) is 0 Å². The van der Waals surface area contributed by atoms with Crippen molar-refractivity contribution in [3.63, 3.8) is 0 Å². The molecule has 4 N–H and O–H groups in total. The van der Waals surface area contributed by atoms with Gasteiger partial charge in [0.05, 0.1) is 18.4 Å². The summed E-state index contributed by atoms with van der Waals surface area (Å²) in [6.07, 6.45) is -0.0729. The Morgan fingerprint density at radius 3 is 1.77 bits per heavy atom. The van der Waals surface area contributed by atoms with Crippen LogP contribution in [0.15, 0.2) is 0 Å². The van der Waals surface area contributed by atoms with Gasteiger partial charge in [0, 0.05) is 13.1 Å². The first-order chi connectivity index (χ1) is 5.97. The van der Waals surface area contributed by atoms with Crippen molar-refractivity contribution >= 4 is 0 Å². The van der Waals surface area contributed by atoms with Gasteiger partial charge in [-0.3, -0.25) is 4.90 Å². The predicted octanol–water partition coefficient (Wildman–Crippen LogP) is -0.255. The fourth-order valence-corrected chi connectivity index (χ4v) is 1.28. The number of hydrogen-bond acceptors (Lipinski definition) is 4. The number of aliphatic hydroxyl groups is 2. The second-order valence-corrected chi connectivity index (χ2v) is 3.63. The van der Waals surface area contributed by atoms with Gasteiger partial charge < -0.3 is 15.9 Å². The standard InChI is InChI=1S/C9H22N2O2/c1-4-9(10)11(5-7(2)12)6-8(3)13/h7-9,12-13H,4-6,10H2,1-3H3. The molecule has 3 unspecified atom stereocenters. The predicted molar refractivity (Wildman–Crippen MR) is 53.2 cm³/mol. The van der Waals surface area contributed by atoms with E-state index in [9.17, 15) is 10.2 Å². The maximum atomic E-state index is 9.20. The third kappa shape index (κ3) is 5.99. The first-order valence-corrected chi connectivity index (χ1v) is 4.83. The number of rotatable bonds is 6. The van der Waals surface area contributed by atoms with Crippen LogP contribution in [0.25, 0.3) is 0 Å². The third-order valence-electron chi connectivity index (χ3n) is 1.88. The van der Waals surface area contributed by atoms with E-state index in [0.717, 1.165) is 6.42 Å². The Labute approximate surface area is 80.3 Å². The topological polar surface area (TPSA) is 69.7 Å². The van der Waals surface area contributed by atoms with Gasteiger partial charge in [0.15, 0.2) is 0 Å². The van der Waals surface area contributed by atoms with Crippen molar-refractivity contribution in [1.82, 2.24) is 4.90 Å². The van der Waals surface area contributed by atoms with Gasteiger partial charge in [0.1, 0.15) is 0 Å². The molecule has 4 nitrogen and oxygen atoms in total. The normalized spacial score (nSPS) is 18.7. The highest BCUT2D eigenvalue weighted by molar-refractivity contribution is 4.69. The lowest BCUT2D eigenvalue weighted by atomic mass is 10.2. The molecule has 0 aromatic carbocycles. The minimum atomic E-state index is -0.406. The van der Waals surface area contributed by atoms with Crippen molar-refractivity contribution < 1.29 is 10.2 Å². The molecule has 0 bridgehead atoms. The van der Waals surface area contributed by atoms with Crippen molar-refractivity contribution in [2.75, 3.05) is 13.1 Å². The van der Waals surface area contributed by atoms with E-state index in [4.69, 9.17) is 5.73 Å². The summed E-state index contributed by atoms with van der Waals surface area (Å²) < 4.78 is 0. The molecule has 0 saturated carbocycles. The summed E-state index contributed by atoms with van der Waals surface area (Å²) in [7, 11) is 0. The lowest BCUT2D eigenvalue weighted by molar-refractivity contribution is 0.0573. The zero-order chi connectivity index (χ0) is 10.4. The van der Waals surface area contributed by atoms with E-state index in [1.54, 1.807) is 13.8 Å². The van der Waals surface area contributed by atoms with Gasteiger partial charge in [-0.15, -0.1) is 0 Å². The lowest BCUT2D eigenvalue weighted by Crippen LogP contribution is -2.47. The average molecular weight is 190 g/mol. The van der Waals surface area contributed by atoms with Crippen molar-refractivity contribution in [1.29, 1.82) is 0 Å². The molecule has 0 fully saturated rings. The quantitative estimate of drug-likeness (QED) is 0.505. The van der Waals surface area contributed by atoms with Gasteiger partial charge in [-0.25, -0.2) is 0 Å². The van der Waals surface area contributed by atoms with Crippen LogP contribution in [0, 0.1) is 0 Å². The summed E-state index contributed by atoms with van der Waals surface area (Å²) in [6, 6.07) is 0. The molecule has 0 aliphatic rings. The van der Waals surface area contributed by atoms with Crippen LogP contribution in [0.5, 0.6) is 0 Å². The van der Waals surface area contributed by atoms with E-state index in [-0.39, 0.29) is 6.17 Å². The molecule has 80 valence electrons. The Morgan fingerprint density at radius 2 is 1.54 bits per heavy atom. The Kier molecular flexibility index (Phi) is 6.24. The molecular formula is C9H22N2O2. The van der Waals surface area contributed by atoms with Gasteiger partial charge in [-0.05, 0) is 20.3 Å². The second-order valence-electron chi connectivity index (χ2n) is 3.63. The average Bonchev–Trinajstić information content (AvgIpc) is 2.00. The molecule has 0 spiro atoms. The highest BCUT2D eigenvalue weighted by Gasteiger charge is 2.16. The number of nitrogens with zero attached hydrogens (tertiary/aromatic N) is 1. The van der Waals surface area contributed by atoms with Crippen LogP contribution in [-0.2, 0) is 0 Å². The summed E-state index contributed by atoms with van der Waals surface area (Å²) >= 11 is 0. The van der Waals surface area contributed by atoms with Gasteiger partial charge in [-0.1, -0.05) is 6.92 Å². The van der Waals surface area contributed by atoms with Gasteiger partial charge in [0.2, 0.25) is 0 Å². The number of hydrogen-bond donors (Lipinski definition) is 3. The monoisotopic (exact) mass is 190 g/mol. The first kappa shape index (κ1) is 12.8. The Bertz CT molecular complexity index is 119. The van der Waals surface area contributed by atoms with E-state index in [2.05, 4.69) is 0 Å². The summed E-state index contributed by atoms with van der Waals surface area (Å²) in [4.78, 5) is 1.90. The highest BCUT2D eigenvalue weighted by atomic mass is 16.3. The van der Waals surface area contributed by atoms with Crippen LogP contribution in [0.3, 0.4) is 0 Å². The van der Waals surface area contributed by atoms with Crippen LogP contribution >= 0.6 is 0 Å². The van der Waals surface area contributed by atoms with Crippen LogP contribution in [0.1, 0.15) is 27.2 Å². The van der Waals surface area contributed by atoms with Crippen molar-refractivity contribution in [3.05, 3.63) is 0 Å². The molecule has 4 heteroatoms. The van der Waals surface area contributed by atoms with Crippen molar-refractivity contribution in [2.24, 2.45) is 5.73 Å². The smallest absolute Gasteiger partial charge is 0.0639 e. The van der Waals surface area contributed by atoms with E-state index in [0.29, 0.717) is 13.1 Å². The summed E-state index contributed by atoms with van der Waals surface area (Å²) in [5.74, 6) is 0. The minimum Gasteiger partial charge on any atom is -0.392 e. The van der Waals surface area contributed by atoms with Gasteiger partial charge in [-0.2, -0.15) is 0 Å². The molecule has 13 heavy (non-hydrogen) atoms. The first-order valence-electron chi connectivity index (χ1n) is 4.83. The fraction of sp³-hybridized carbons (Fsp3) is 1.00. The number of aliphatic hydroxyl groups excluding tert-OH is 2. The zero-order valence-electron chi connectivity index (χ0n) is 8.77. The van der Waals surface area contributed by atoms with Crippen LogP contribution < -0.4 is 5.73 Å². The molecule has 0 saturated heterocycles. The SMILES string of the molecule is CCC(N)N(CC(C)O)CC(C)O. The van der Waals surface area contributed by atoms with Crippen LogP contribution in [0.4, 0.5) is 0 Å². The molecule has 0 heterocycles. The molecule has 0 aliphatic carbocycles. The van der Waals surface area contributed by atoms with Crippen LogP contribution in [-0.4, -0.2) is 46.6 Å². The maximum absolute atomic E-state index is 9.20. The molecule has 0 radical (unpaired) electrons. The molecule has 0 rings (SSSR count). The molecule has 3 atom stereocenters. The zero-order valence-corrected chi connectivity index (χ0v) is 8.77. The van der Waals surface area contributed by atoms with Gasteiger partial charge in [0.25, 0.3) is 0 Å². The third-order valence-corrected chi connectivity index (χ3v) is 1.88. The van der Waals surface area contributed by atoms with E-state index < -0.39 is 12.2 Å². The highest BCUT2D eigenvalue weighted by Crippen LogP contribution is 2.01. The van der Waals surface area contributed by atoms with Crippen molar-refractivity contribution in [3.8, 4) is 0 Å². The molecule has 0 aromatic rings. The van der Waals surface area contributed by atoms with Gasteiger partial charge >= 0.3 is 0 Å². The maximum Gasteiger partial charge on any atom is 0.0639 e. The van der Waals surface area contributed by atoms with E-state index in [1.165, 1.54) is 0 Å². The largest absolute Gasteiger partial charge is 0.392 e. The van der Waals surface area contributed by atoms with E-state index in [1.807, 2.05) is 11.8 Å². The second kappa shape index (κ2) is 6.32. The molecule has 0 amide bonds.